The lowest BCUT2D eigenvalue weighted by Gasteiger charge is -2.11. The van der Waals surface area contributed by atoms with Gasteiger partial charge >= 0.3 is 0 Å². The molecule has 0 unspecified atom stereocenters. The van der Waals surface area contributed by atoms with E-state index in [9.17, 15) is 18.0 Å². The van der Waals surface area contributed by atoms with E-state index in [1.165, 1.54) is 12.4 Å². The van der Waals surface area contributed by atoms with Crippen LogP contribution in [0.3, 0.4) is 0 Å². The molecule has 1 heterocycles. The van der Waals surface area contributed by atoms with E-state index in [1.807, 2.05) is 6.92 Å². The second-order valence-corrected chi connectivity index (χ2v) is 4.13. The first-order valence-corrected chi connectivity index (χ1v) is 6.17. The normalized spacial score (nSPS) is 10.3. The fourth-order valence-electron chi connectivity index (χ4n) is 1.73. The van der Waals surface area contributed by atoms with Crippen LogP contribution in [0, 0.1) is 17.5 Å². The molecule has 0 fully saturated rings. The average Bonchev–Trinajstić information content (AvgIpc) is 2.49. The van der Waals surface area contributed by atoms with Gasteiger partial charge in [-0.15, -0.1) is 0 Å². The Labute approximate surface area is 119 Å². The smallest absolute Gasteiger partial charge is 0.259 e. The van der Waals surface area contributed by atoms with Crippen molar-refractivity contribution in [1.82, 2.24) is 4.98 Å². The topological polar surface area (TPSA) is 54.0 Å². The van der Waals surface area contributed by atoms with E-state index < -0.39 is 29.0 Å². The van der Waals surface area contributed by atoms with E-state index in [0.29, 0.717) is 12.2 Å². The first-order chi connectivity index (χ1) is 10.0. The maximum Gasteiger partial charge on any atom is 0.259 e. The minimum Gasteiger partial charge on any atom is -0.385 e. The molecule has 1 aromatic carbocycles. The van der Waals surface area contributed by atoms with E-state index in [0.717, 1.165) is 12.1 Å². The van der Waals surface area contributed by atoms with E-state index in [4.69, 9.17) is 0 Å². The van der Waals surface area contributed by atoms with Gasteiger partial charge in [0.25, 0.3) is 5.91 Å². The molecule has 4 nitrogen and oxygen atoms in total. The highest BCUT2D eigenvalue weighted by atomic mass is 19.2. The predicted octanol–water partition coefficient (Wildman–Crippen LogP) is 3.18. The van der Waals surface area contributed by atoms with Gasteiger partial charge in [-0.3, -0.25) is 9.78 Å². The number of hydrogen-bond donors (Lipinski definition) is 2. The van der Waals surface area contributed by atoms with Gasteiger partial charge in [0.15, 0.2) is 17.5 Å². The van der Waals surface area contributed by atoms with Crippen LogP contribution in [0.2, 0.25) is 0 Å². The molecule has 2 N–H and O–H groups in total. The number of carbonyl (C=O) groups is 1. The molecule has 110 valence electrons. The highest BCUT2D eigenvalue weighted by Crippen LogP contribution is 2.21. The minimum absolute atomic E-state index is 0.170. The monoisotopic (exact) mass is 295 g/mol. The van der Waals surface area contributed by atoms with Crippen molar-refractivity contribution in [2.45, 2.75) is 6.92 Å². The number of nitrogens with one attached hydrogen (secondary N) is 2. The highest BCUT2D eigenvalue weighted by Gasteiger charge is 2.17. The molecule has 0 aliphatic rings. The van der Waals surface area contributed by atoms with Gasteiger partial charge in [-0.2, -0.15) is 0 Å². The van der Waals surface area contributed by atoms with Crippen LogP contribution >= 0.6 is 0 Å². The summed E-state index contributed by atoms with van der Waals surface area (Å²) in [6.45, 7) is 2.42. The van der Waals surface area contributed by atoms with Crippen molar-refractivity contribution < 1.29 is 18.0 Å². The van der Waals surface area contributed by atoms with Gasteiger partial charge in [-0.05, 0) is 25.1 Å². The molecular formula is C14H12F3N3O. The van der Waals surface area contributed by atoms with Crippen molar-refractivity contribution in [3.05, 3.63) is 53.6 Å². The number of amides is 1. The molecule has 1 amide bonds. The molecule has 1 aromatic heterocycles. The zero-order chi connectivity index (χ0) is 15.4. The number of anilines is 2. The van der Waals surface area contributed by atoms with Crippen LogP contribution in [-0.4, -0.2) is 17.4 Å². The number of hydrogen-bond acceptors (Lipinski definition) is 3. The Balaban J connectivity index is 2.29. The third kappa shape index (κ3) is 3.13. The fourth-order valence-corrected chi connectivity index (χ4v) is 1.73. The Morgan fingerprint density at radius 1 is 1.14 bits per heavy atom. The zero-order valence-electron chi connectivity index (χ0n) is 11.1. The van der Waals surface area contributed by atoms with Crippen LogP contribution in [-0.2, 0) is 0 Å². The van der Waals surface area contributed by atoms with E-state index >= 15 is 0 Å². The van der Waals surface area contributed by atoms with Crippen molar-refractivity contribution in [1.29, 1.82) is 0 Å². The van der Waals surface area contributed by atoms with Crippen LogP contribution in [0.1, 0.15) is 17.3 Å². The molecule has 21 heavy (non-hydrogen) atoms. The molecule has 0 bridgehead atoms. The standard InChI is InChI=1S/C14H12F3N3O/c1-2-19-10-5-6-18-7-8(10)14(21)20-11-4-3-9(15)12(16)13(11)17/h3-7H,2H2,1H3,(H,18,19)(H,20,21). The van der Waals surface area contributed by atoms with Crippen LogP contribution in [0.15, 0.2) is 30.6 Å². The number of benzene rings is 1. The molecule has 7 heteroatoms. The molecule has 0 aliphatic carbocycles. The summed E-state index contributed by atoms with van der Waals surface area (Å²) in [5.41, 5.74) is 0.238. The number of nitrogens with zero attached hydrogens (tertiary/aromatic N) is 1. The molecule has 0 saturated heterocycles. The highest BCUT2D eigenvalue weighted by molar-refractivity contribution is 6.07. The Morgan fingerprint density at radius 2 is 1.90 bits per heavy atom. The number of pyridine rings is 1. The summed E-state index contributed by atoms with van der Waals surface area (Å²) in [6.07, 6.45) is 2.79. The van der Waals surface area contributed by atoms with E-state index in [-0.39, 0.29) is 5.56 Å². The largest absolute Gasteiger partial charge is 0.385 e. The van der Waals surface area contributed by atoms with Gasteiger partial charge < -0.3 is 10.6 Å². The molecule has 0 atom stereocenters. The number of halogens is 3. The molecule has 0 aliphatic heterocycles. The fraction of sp³-hybridized carbons (Fsp3) is 0.143. The minimum atomic E-state index is -1.63. The lowest BCUT2D eigenvalue weighted by Crippen LogP contribution is -2.16. The second-order valence-electron chi connectivity index (χ2n) is 4.13. The van der Waals surface area contributed by atoms with Gasteiger partial charge in [0.05, 0.1) is 16.9 Å². The first kappa shape index (κ1) is 14.8. The maximum absolute atomic E-state index is 13.5. The van der Waals surface area contributed by atoms with Gasteiger partial charge in [-0.1, -0.05) is 0 Å². The Kier molecular flexibility index (Phi) is 4.42. The van der Waals surface area contributed by atoms with Crippen molar-refractivity contribution >= 4 is 17.3 Å². The van der Waals surface area contributed by atoms with Crippen molar-refractivity contribution in [3.63, 3.8) is 0 Å². The lowest BCUT2D eigenvalue weighted by molar-refractivity contribution is 0.102. The quantitative estimate of drug-likeness (QED) is 0.852. The molecule has 0 spiro atoms. The van der Waals surface area contributed by atoms with E-state index in [1.54, 1.807) is 6.07 Å². The average molecular weight is 295 g/mol. The third-order valence-corrected chi connectivity index (χ3v) is 2.72. The summed E-state index contributed by atoms with van der Waals surface area (Å²) in [4.78, 5) is 15.9. The van der Waals surface area contributed by atoms with E-state index in [2.05, 4.69) is 15.6 Å². The molecule has 2 rings (SSSR count). The second kappa shape index (κ2) is 6.25. The summed E-state index contributed by atoms with van der Waals surface area (Å²) >= 11 is 0. The Hall–Kier alpha value is -2.57. The molecular weight excluding hydrogens is 283 g/mol. The summed E-state index contributed by atoms with van der Waals surface area (Å²) in [5, 5.41) is 5.14. The molecule has 0 saturated carbocycles. The van der Waals surface area contributed by atoms with Crippen LogP contribution in [0.5, 0.6) is 0 Å². The SMILES string of the molecule is CCNc1ccncc1C(=O)Nc1ccc(F)c(F)c1F. The molecule has 2 aromatic rings. The van der Waals surface area contributed by atoms with Crippen LogP contribution in [0.4, 0.5) is 24.5 Å². The summed E-state index contributed by atoms with van der Waals surface area (Å²) in [7, 11) is 0. The van der Waals surface area contributed by atoms with Crippen LogP contribution in [0.25, 0.3) is 0 Å². The van der Waals surface area contributed by atoms with Gasteiger partial charge in [0, 0.05) is 18.9 Å². The maximum atomic E-state index is 13.5. The van der Waals surface area contributed by atoms with Gasteiger partial charge in [0.2, 0.25) is 0 Å². The predicted molar refractivity (Wildman–Crippen MR) is 72.7 cm³/mol. The van der Waals surface area contributed by atoms with Gasteiger partial charge in [0.1, 0.15) is 0 Å². The number of aromatic nitrogens is 1. The Morgan fingerprint density at radius 3 is 2.62 bits per heavy atom. The van der Waals surface area contributed by atoms with Crippen molar-refractivity contribution in [3.8, 4) is 0 Å². The first-order valence-electron chi connectivity index (χ1n) is 6.17. The lowest BCUT2D eigenvalue weighted by atomic mass is 10.2. The van der Waals surface area contributed by atoms with Crippen molar-refractivity contribution in [2.24, 2.45) is 0 Å². The summed E-state index contributed by atoms with van der Waals surface area (Å²) < 4.78 is 39.5. The third-order valence-electron chi connectivity index (χ3n) is 2.72. The Bertz CT molecular complexity index is 677. The summed E-state index contributed by atoms with van der Waals surface area (Å²) in [6, 6.07) is 3.28. The van der Waals surface area contributed by atoms with Gasteiger partial charge in [-0.25, -0.2) is 13.2 Å². The zero-order valence-corrected chi connectivity index (χ0v) is 11.1. The summed E-state index contributed by atoms with van der Waals surface area (Å²) in [5.74, 6) is -5.08. The van der Waals surface area contributed by atoms with Crippen LogP contribution < -0.4 is 10.6 Å². The van der Waals surface area contributed by atoms with Crippen molar-refractivity contribution in [2.75, 3.05) is 17.2 Å². The molecule has 0 radical (unpaired) electrons. The number of carbonyl (C=O) groups excluding carboxylic acids is 1. The number of rotatable bonds is 4.